The second-order valence-corrected chi connectivity index (χ2v) is 6.89. The maximum atomic E-state index is 11.4. The number of aliphatic hydroxyl groups is 1. The van der Waals surface area contributed by atoms with Gasteiger partial charge < -0.3 is 10.0 Å². The van der Waals surface area contributed by atoms with Gasteiger partial charge in [-0.1, -0.05) is 37.6 Å². The van der Waals surface area contributed by atoms with Gasteiger partial charge in [-0.05, 0) is 50.9 Å². The molecule has 1 aliphatic carbocycles. The molecule has 0 aromatic heterocycles. The van der Waals surface area contributed by atoms with Crippen molar-refractivity contribution >= 4 is 0 Å². The van der Waals surface area contributed by atoms with E-state index in [0.29, 0.717) is 11.8 Å². The summed E-state index contributed by atoms with van der Waals surface area (Å²) in [6, 6.07) is 8.47. The molecule has 2 rings (SSSR count). The van der Waals surface area contributed by atoms with Gasteiger partial charge in [0.1, 0.15) is 0 Å². The maximum Gasteiger partial charge on any atom is 0.0753 e. The van der Waals surface area contributed by atoms with Crippen LogP contribution in [0.25, 0.3) is 0 Å². The molecule has 1 aliphatic rings. The van der Waals surface area contributed by atoms with Gasteiger partial charge in [0, 0.05) is 18.9 Å². The van der Waals surface area contributed by atoms with Crippen LogP contribution in [0.5, 0.6) is 0 Å². The molecule has 1 aromatic rings. The largest absolute Gasteiger partial charge is 0.389 e. The molecule has 112 valence electrons. The van der Waals surface area contributed by atoms with E-state index in [2.05, 4.69) is 57.1 Å². The third kappa shape index (κ3) is 3.24. The van der Waals surface area contributed by atoms with Crippen LogP contribution >= 0.6 is 0 Å². The van der Waals surface area contributed by atoms with Crippen LogP contribution in [0.3, 0.4) is 0 Å². The first-order valence-electron chi connectivity index (χ1n) is 7.85. The van der Waals surface area contributed by atoms with E-state index in [1.807, 2.05) is 0 Å². The van der Waals surface area contributed by atoms with Gasteiger partial charge in [0.25, 0.3) is 0 Å². The fraction of sp³-hybridized carbons (Fsp3) is 0.667. The second kappa shape index (κ2) is 6.28. The topological polar surface area (TPSA) is 23.5 Å². The zero-order valence-electron chi connectivity index (χ0n) is 13.4. The van der Waals surface area contributed by atoms with Crippen molar-refractivity contribution in [2.75, 3.05) is 20.6 Å². The van der Waals surface area contributed by atoms with Crippen molar-refractivity contribution in [1.29, 1.82) is 0 Å². The van der Waals surface area contributed by atoms with Gasteiger partial charge in [-0.15, -0.1) is 0 Å². The summed E-state index contributed by atoms with van der Waals surface area (Å²) in [7, 11) is 4.21. The summed E-state index contributed by atoms with van der Waals surface area (Å²) in [5, 5.41) is 11.4. The Labute approximate surface area is 123 Å². The maximum absolute atomic E-state index is 11.4. The smallest absolute Gasteiger partial charge is 0.0753 e. The molecule has 0 radical (unpaired) electrons. The highest BCUT2D eigenvalue weighted by molar-refractivity contribution is 5.27. The van der Waals surface area contributed by atoms with Gasteiger partial charge in [0.15, 0.2) is 0 Å². The first-order valence-corrected chi connectivity index (χ1v) is 7.85. The predicted molar refractivity (Wildman–Crippen MR) is 84.9 cm³/mol. The predicted octanol–water partition coefficient (Wildman–Crippen LogP) is 3.27. The van der Waals surface area contributed by atoms with Crippen LogP contribution in [0, 0.1) is 18.8 Å². The molecule has 0 heterocycles. The lowest BCUT2D eigenvalue weighted by molar-refractivity contribution is -0.0939. The summed E-state index contributed by atoms with van der Waals surface area (Å²) in [6.07, 6.45) is 4.33. The van der Waals surface area contributed by atoms with Crippen molar-refractivity contribution in [3.63, 3.8) is 0 Å². The molecule has 3 atom stereocenters. The third-order valence-electron chi connectivity index (χ3n) is 5.07. The van der Waals surface area contributed by atoms with E-state index < -0.39 is 5.60 Å². The molecule has 0 spiro atoms. The minimum atomic E-state index is -0.561. The SMILES string of the molecule is Cc1ccccc1CC1(O)C(C)CCCC1CN(C)C. The Morgan fingerprint density at radius 3 is 2.60 bits per heavy atom. The summed E-state index contributed by atoms with van der Waals surface area (Å²) in [4.78, 5) is 2.21. The number of rotatable bonds is 4. The van der Waals surface area contributed by atoms with Crippen LogP contribution in [0.1, 0.15) is 37.3 Å². The van der Waals surface area contributed by atoms with Gasteiger partial charge in [-0.3, -0.25) is 0 Å². The van der Waals surface area contributed by atoms with Crippen molar-refractivity contribution < 1.29 is 5.11 Å². The number of aryl methyl sites for hydroxylation is 1. The number of hydrogen-bond acceptors (Lipinski definition) is 2. The van der Waals surface area contributed by atoms with E-state index >= 15 is 0 Å². The van der Waals surface area contributed by atoms with Crippen LogP contribution < -0.4 is 0 Å². The lowest BCUT2D eigenvalue weighted by Crippen LogP contribution is -2.52. The van der Waals surface area contributed by atoms with Crippen molar-refractivity contribution in [2.24, 2.45) is 11.8 Å². The lowest BCUT2D eigenvalue weighted by atomic mass is 9.66. The van der Waals surface area contributed by atoms with Crippen LogP contribution in [0.15, 0.2) is 24.3 Å². The number of benzene rings is 1. The zero-order valence-corrected chi connectivity index (χ0v) is 13.4. The van der Waals surface area contributed by atoms with Gasteiger partial charge in [-0.2, -0.15) is 0 Å². The van der Waals surface area contributed by atoms with Crippen LogP contribution in [-0.4, -0.2) is 36.2 Å². The van der Waals surface area contributed by atoms with Crippen LogP contribution in [-0.2, 0) is 6.42 Å². The molecule has 0 bridgehead atoms. The van der Waals surface area contributed by atoms with E-state index in [4.69, 9.17) is 0 Å². The Balaban J connectivity index is 2.24. The molecular formula is C18H29NO. The van der Waals surface area contributed by atoms with Crippen LogP contribution in [0.2, 0.25) is 0 Å². The minimum absolute atomic E-state index is 0.376. The van der Waals surface area contributed by atoms with Crippen LogP contribution in [0.4, 0.5) is 0 Å². The Bertz CT molecular complexity index is 443. The molecule has 2 heteroatoms. The molecule has 1 fully saturated rings. The Hall–Kier alpha value is -0.860. The fourth-order valence-electron chi connectivity index (χ4n) is 3.69. The normalized spacial score (nSPS) is 30.7. The average molecular weight is 275 g/mol. The zero-order chi connectivity index (χ0) is 14.8. The number of nitrogens with zero attached hydrogens (tertiary/aromatic N) is 1. The average Bonchev–Trinajstić information content (AvgIpc) is 2.38. The van der Waals surface area contributed by atoms with E-state index in [0.717, 1.165) is 25.8 Å². The fourth-order valence-corrected chi connectivity index (χ4v) is 3.69. The van der Waals surface area contributed by atoms with Crippen molar-refractivity contribution in [1.82, 2.24) is 4.90 Å². The molecule has 0 amide bonds. The summed E-state index contributed by atoms with van der Waals surface area (Å²) in [5.41, 5.74) is 2.03. The molecule has 0 saturated heterocycles. The van der Waals surface area contributed by atoms with Gasteiger partial charge in [-0.25, -0.2) is 0 Å². The third-order valence-corrected chi connectivity index (χ3v) is 5.07. The lowest BCUT2D eigenvalue weighted by Gasteiger charge is -2.46. The Kier molecular flexibility index (Phi) is 4.87. The monoisotopic (exact) mass is 275 g/mol. The number of hydrogen-bond donors (Lipinski definition) is 1. The molecule has 0 aliphatic heterocycles. The van der Waals surface area contributed by atoms with E-state index in [-0.39, 0.29) is 0 Å². The highest BCUT2D eigenvalue weighted by Gasteiger charge is 2.44. The summed E-state index contributed by atoms with van der Waals surface area (Å²) >= 11 is 0. The molecule has 1 saturated carbocycles. The standard InChI is InChI=1S/C18H29NO/c1-14-8-5-6-10-16(14)12-18(20)15(2)9-7-11-17(18)13-19(3)4/h5-6,8,10,15,17,20H,7,9,11-13H2,1-4H3. The quantitative estimate of drug-likeness (QED) is 0.911. The Morgan fingerprint density at radius 2 is 1.95 bits per heavy atom. The Morgan fingerprint density at radius 1 is 1.25 bits per heavy atom. The molecule has 3 unspecified atom stereocenters. The van der Waals surface area contributed by atoms with Gasteiger partial charge in [0.05, 0.1) is 5.60 Å². The van der Waals surface area contributed by atoms with Gasteiger partial charge in [0.2, 0.25) is 0 Å². The summed E-state index contributed by atoms with van der Waals surface area (Å²) in [6.45, 7) is 5.35. The highest BCUT2D eigenvalue weighted by Crippen LogP contribution is 2.41. The minimum Gasteiger partial charge on any atom is -0.389 e. The van der Waals surface area contributed by atoms with Gasteiger partial charge >= 0.3 is 0 Å². The van der Waals surface area contributed by atoms with E-state index in [9.17, 15) is 5.11 Å². The second-order valence-electron chi connectivity index (χ2n) is 6.89. The van der Waals surface area contributed by atoms with E-state index in [1.54, 1.807) is 0 Å². The molecule has 2 nitrogen and oxygen atoms in total. The van der Waals surface area contributed by atoms with Crippen molar-refractivity contribution in [3.8, 4) is 0 Å². The summed E-state index contributed by atoms with van der Waals surface area (Å²) in [5.74, 6) is 0.752. The van der Waals surface area contributed by atoms with E-state index in [1.165, 1.54) is 17.5 Å². The first-order chi connectivity index (χ1) is 9.43. The summed E-state index contributed by atoms with van der Waals surface area (Å²) < 4.78 is 0. The van der Waals surface area contributed by atoms with Crippen molar-refractivity contribution in [3.05, 3.63) is 35.4 Å². The molecule has 20 heavy (non-hydrogen) atoms. The first kappa shape index (κ1) is 15.5. The molecule has 1 N–H and O–H groups in total. The highest BCUT2D eigenvalue weighted by atomic mass is 16.3. The molecule has 1 aromatic carbocycles. The molecular weight excluding hydrogens is 246 g/mol. The van der Waals surface area contributed by atoms with Crippen molar-refractivity contribution in [2.45, 2.75) is 45.1 Å².